The van der Waals surface area contributed by atoms with Crippen molar-refractivity contribution in [1.29, 1.82) is 0 Å². The fraction of sp³-hybridized carbons (Fsp3) is 0.968. The molecular weight excluding hydrogens is 456 g/mol. The highest BCUT2D eigenvalue weighted by molar-refractivity contribution is 6.21. The van der Waals surface area contributed by atoms with Gasteiger partial charge in [-0.3, -0.25) is 4.79 Å². The lowest BCUT2D eigenvalue weighted by molar-refractivity contribution is -0.221. The van der Waals surface area contributed by atoms with Crippen molar-refractivity contribution in [2.75, 3.05) is 0 Å². The molecular formula is C31H53ClO3. The molecule has 4 aliphatic carbocycles. The summed E-state index contributed by atoms with van der Waals surface area (Å²) in [5.41, 5.74) is -0.716. The fourth-order valence-corrected chi connectivity index (χ4v) is 10.7. The summed E-state index contributed by atoms with van der Waals surface area (Å²) in [6.45, 7) is 16.1. The van der Waals surface area contributed by atoms with Gasteiger partial charge in [-0.05, 0) is 98.2 Å². The highest BCUT2D eigenvalue weighted by Crippen LogP contribution is 2.70. The maximum atomic E-state index is 12.1. The first-order valence-corrected chi connectivity index (χ1v) is 15.3. The summed E-state index contributed by atoms with van der Waals surface area (Å²) in [7, 11) is 0. The predicted molar refractivity (Wildman–Crippen MR) is 144 cm³/mol. The Morgan fingerprint density at radius 3 is 2.40 bits per heavy atom. The van der Waals surface area contributed by atoms with Crippen LogP contribution in [-0.4, -0.2) is 28.2 Å². The van der Waals surface area contributed by atoms with Gasteiger partial charge in [-0.1, -0.05) is 54.4 Å². The van der Waals surface area contributed by atoms with Crippen LogP contribution in [0.2, 0.25) is 0 Å². The number of hydrogen-bond donors (Lipinski definition) is 1. The number of esters is 1. The molecule has 4 rings (SSSR count). The van der Waals surface area contributed by atoms with E-state index in [0.717, 1.165) is 48.9 Å². The molecule has 4 heteroatoms. The topological polar surface area (TPSA) is 46.5 Å². The number of carbonyl (C=O) groups is 1. The van der Waals surface area contributed by atoms with E-state index < -0.39 is 5.60 Å². The van der Waals surface area contributed by atoms with Crippen molar-refractivity contribution in [2.45, 2.75) is 136 Å². The number of ether oxygens (including phenoxy) is 1. The van der Waals surface area contributed by atoms with E-state index in [1.54, 1.807) is 0 Å². The zero-order valence-electron chi connectivity index (χ0n) is 23.6. The normalized spacial score (nSPS) is 46.9. The largest absolute Gasteiger partial charge is 0.462 e. The van der Waals surface area contributed by atoms with Gasteiger partial charge in [-0.25, -0.2) is 0 Å². The molecule has 0 amide bonds. The van der Waals surface area contributed by atoms with E-state index in [-0.39, 0.29) is 22.9 Å². The maximum Gasteiger partial charge on any atom is 0.302 e. The third-order valence-electron chi connectivity index (χ3n) is 12.3. The van der Waals surface area contributed by atoms with Crippen LogP contribution in [0.1, 0.15) is 119 Å². The molecule has 0 aromatic heterocycles. The van der Waals surface area contributed by atoms with E-state index in [9.17, 15) is 9.90 Å². The Kier molecular flexibility index (Phi) is 8.02. The van der Waals surface area contributed by atoms with Crippen LogP contribution in [0.15, 0.2) is 0 Å². The average Bonchev–Trinajstić information content (AvgIpc) is 3.13. The molecule has 0 unspecified atom stereocenters. The first-order chi connectivity index (χ1) is 16.4. The smallest absolute Gasteiger partial charge is 0.302 e. The molecule has 4 saturated carbocycles. The Labute approximate surface area is 220 Å². The van der Waals surface area contributed by atoms with E-state index in [0.29, 0.717) is 23.7 Å². The fourth-order valence-electron chi connectivity index (χ4n) is 10.2. The van der Waals surface area contributed by atoms with Crippen LogP contribution in [0, 0.1) is 52.3 Å². The van der Waals surface area contributed by atoms with Crippen molar-refractivity contribution in [2.24, 2.45) is 52.3 Å². The molecule has 0 aromatic rings. The van der Waals surface area contributed by atoms with E-state index >= 15 is 0 Å². The van der Waals surface area contributed by atoms with Gasteiger partial charge in [-0.15, -0.1) is 11.6 Å². The van der Waals surface area contributed by atoms with Crippen molar-refractivity contribution < 1.29 is 14.6 Å². The van der Waals surface area contributed by atoms with E-state index in [2.05, 4.69) is 41.5 Å². The van der Waals surface area contributed by atoms with Crippen molar-refractivity contribution in [3.8, 4) is 0 Å². The first-order valence-electron chi connectivity index (χ1n) is 14.9. The zero-order valence-corrected chi connectivity index (χ0v) is 24.4. The van der Waals surface area contributed by atoms with Crippen LogP contribution < -0.4 is 0 Å². The lowest BCUT2D eigenvalue weighted by Gasteiger charge is -2.65. The van der Waals surface area contributed by atoms with Crippen LogP contribution in [0.5, 0.6) is 0 Å². The summed E-state index contributed by atoms with van der Waals surface area (Å²) >= 11 is 7.12. The molecule has 0 saturated heterocycles. The summed E-state index contributed by atoms with van der Waals surface area (Å²) < 4.78 is 5.57. The summed E-state index contributed by atoms with van der Waals surface area (Å²) in [6.07, 6.45) is 12.2. The number of hydrogen-bond acceptors (Lipinski definition) is 3. The highest BCUT2D eigenvalue weighted by atomic mass is 35.5. The third-order valence-corrected chi connectivity index (χ3v) is 12.9. The van der Waals surface area contributed by atoms with Crippen molar-refractivity contribution in [1.82, 2.24) is 0 Å². The van der Waals surface area contributed by atoms with Gasteiger partial charge in [-0.2, -0.15) is 0 Å². The van der Waals surface area contributed by atoms with Gasteiger partial charge >= 0.3 is 5.97 Å². The molecule has 0 bridgehead atoms. The lowest BCUT2D eigenvalue weighted by Crippen LogP contribution is -2.67. The van der Waals surface area contributed by atoms with Gasteiger partial charge in [0.1, 0.15) is 6.10 Å². The number of rotatable bonds is 7. The number of aliphatic hydroxyl groups is 1. The van der Waals surface area contributed by atoms with Gasteiger partial charge in [0.05, 0.1) is 11.0 Å². The van der Waals surface area contributed by atoms with Crippen LogP contribution in [0.25, 0.3) is 0 Å². The van der Waals surface area contributed by atoms with Crippen LogP contribution in [0.4, 0.5) is 0 Å². The lowest BCUT2D eigenvalue weighted by atomic mass is 9.43. The summed E-state index contributed by atoms with van der Waals surface area (Å²) in [5, 5.41) is 11.8. The van der Waals surface area contributed by atoms with Gasteiger partial charge in [0.2, 0.25) is 0 Å². The van der Waals surface area contributed by atoms with Gasteiger partial charge < -0.3 is 9.84 Å². The molecule has 0 aliphatic heterocycles. The summed E-state index contributed by atoms with van der Waals surface area (Å²) in [6, 6.07) is 0. The molecule has 0 heterocycles. The van der Waals surface area contributed by atoms with Gasteiger partial charge in [0, 0.05) is 18.8 Å². The van der Waals surface area contributed by atoms with E-state index in [1.807, 2.05) is 0 Å². The molecule has 3 nitrogen and oxygen atoms in total. The Hall–Kier alpha value is -0.280. The number of halogens is 1. The van der Waals surface area contributed by atoms with Crippen LogP contribution in [0.3, 0.4) is 0 Å². The molecule has 0 aromatic carbocycles. The van der Waals surface area contributed by atoms with Crippen LogP contribution >= 0.6 is 11.6 Å². The monoisotopic (exact) mass is 508 g/mol. The zero-order chi connectivity index (χ0) is 25.8. The van der Waals surface area contributed by atoms with Crippen molar-refractivity contribution in [3.63, 3.8) is 0 Å². The van der Waals surface area contributed by atoms with Gasteiger partial charge in [0.25, 0.3) is 0 Å². The van der Waals surface area contributed by atoms with Crippen LogP contribution in [-0.2, 0) is 9.53 Å². The summed E-state index contributed by atoms with van der Waals surface area (Å²) in [5.74, 6) is 4.87. The second-order valence-corrected chi connectivity index (χ2v) is 14.6. The standard InChI is InChI=1S/C31H53ClO3/c1-8-22(19(2)3)10-9-20(4)25-11-12-26-24-17-28(32)31(34)18-23(35-21(5)33)13-16-30(31,7)27(24)14-15-29(25,26)6/h19-20,22-28,34H,8-18H2,1-7H3/t20-,22-,23+,24+,25-,26+,27+,28+,29-,30-,31-/m1/s1. The Morgan fingerprint density at radius 2 is 1.77 bits per heavy atom. The summed E-state index contributed by atoms with van der Waals surface area (Å²) in [4.78, 5) is 11.6. The Bertz CT molecular complexity index is 768. The minimum absolute atomic E-state index is 0.185. The number of alkyl halides is 1. The predicted octanol–water partition coefficient (Wildman–Crippen LogP) is 8.01. The van der Waals surface area contributed by atoms with E-state index in [4.69, 9.17) is 16.3 Å². The molecule has 4 fully saturated rings. The minimum Gasteiger partial charge on any atom is -0.462 e. The molecule has 11 atom stereocenters. The molecule has 0 spiro atoms. The quantitative estimate of drug-likeness (QED) is 0.280. The van der Waals surface area contributed by atoms with E-state index in [1.165, 1.54) is 51.9 Å². The number of carbonyl (C=O) groups excluding carboxylic acids is 1. The molecule has 0 radical (unpaired) electrons. The molecule has 1 N–H and O–H groups in total. The Morgan fingerprint density at radius 1 is 1.06 bits per heavy atom. The second kappa shape index (κ2) is 10.1. The maximum absolute atomic E-state index is 12.1. The van der Waals surface area contributed by atoms with Crippen molar-refractivity contribution >= 4 is 17.6 Å². The molecule has 202 valence electrons. The molecule has 35 heavy (non-hydrogen) atoms. The van der Waals surface area contributed by atoms with Gasteiger partial charge in [0.15, 0.2) is 0 Å². The second-order valence-electron chi connectivity index (χ2n) is 14.1. The third kappa shape index (κ3) is 4.62. The SMILES string of the molecule is CC[C@H](CC[C@@H](C)[C@H]1CC[C@H]2[C@@H]3C[C@H](Cl)[C@]4(O)C[C@@H](OC(C)=O)CC[C@]4(C)[C@H]3CC[C@]12C)C(C)C. The number of fused-ring (bicyclic) bond motifs is 5. The van der Waals surface area contributed by atoms with Crippen molar-refractivity contribution in [3.05, 3.63) is 0 Å². The first kappa shape index (κ1) is 27.7. The Balaban J connectivity index is 1.50. The molecule has 4 aliphatic rings. The minimum atomic E-state index is -0.945. The highest BCUT2D eigenvalue weighted by Gasteiger charge is 2.67. The average molecular weight is 509 g/mol.